The first-order valence-corrected chi connectivity index (χ1v) is 8.78. The quantitative estimate of drug-likeness (QED) is 0.779. The Morgan fingerprint density at radius 2 is 1.72 bits per heavy atom. The van der Waals surface area contributed by atoms with Crippen molar-refractivity contribution in [1.82, 2.24) is 0 Å². The van der Waals surface area contributed by atoms with Crippen LogP contribution < -0.4 is 4.74 Å². The lowest BCUT2D eigenvalue weighted by Gasteiger charge is -2.41. The van der Waals surface area contributed by atoms with E-state index in [2.05, 4.69) is 0 Å². The standard InChI is InChI=1S/C19H22F2O3S/c1-18(2,25-11-13-4-7-15(24-3)8-5-13)19(23,12-22)16-9-6-14(20)10-17(16)21/h4-10,22-23H,11-12H2,1-3H3/t19-/m1/s1. The van der Waals surface area contributed by atoms with Crippen molar-refractivity contribution in [3.05, 3.63) is 65.2 Å². The number of aliphatic hydroxyl groups excluding tert-OH is 1. The molecule has 0 fully saturated rings. The van der Waals surface area contributed by atoms with Gasteiger partial charge in [0.2, 0.25) is 0 Å². The van der Waals surface area contributed by atoms with Crippen LogP contribution in [0.5, 0.6) is 5.75 Å². The maximum Gasteiger partial charge on any atom is 0.132 e. The van der Waals surface area contributed by atoms with Crippen LogP contribution in [0, 0.1) is 11.6 Å². The van der Waals surface area contributed by atoms with Crippen LogP contribution in [0.25, 0.3) is 0 Å². The number of aliphatic hydroxyl groups is 2. The Labute approximate surface area is 150 Å². The fraction of sp³-hybridized carbons (Fsp3) is 0.368. The second-order valence-electron chi connectivity index (χ2n) is 6.29. The van der Waals surface area contributed by atoms with E-state index in [1.165, 1.54) is 17.8 Å². The van der Waals surface area contributed by atoms with Crippen LogP contribution in [0.15, 0.2) is 42.5 Å². The summed E-state index contributed by atoms with van der Waals surface area (Å²) in [5.74, 6) is -0.324. The molecule has 0 radical (unpaired) electrons. The summed E-state index contributed by atoms with van der Waals surface area (Å²) >= 11 is 1.37. The summed E-state index contributed by atoms with van der Waals surface area (Å²) in [5.41, 5.74) is -0.982. The minimum Gasteiger partial charge on any atom is -0.497 e. The van der Waals surface area contributed by atoms with Crippen molar-refractivity contribution in [3.8, 4) is 5.75 Å². The van der Waals surface area contributed by atoms with E-state index in [1.807, 2.05) is 24.3 Å². The topological polar surface area (TPSA) is 49.7 Å². The average Bonchev–Trinajstić information content (AvgIpc) is 2.59. The van der Waals surface area contributed by atoms with E-state index < -0.39 is 28.6 Å². The monoisotopic (exact) mass is 368 g/mol. The smallest absolute Gasteiger partial charge is 0.132 e. The van der Waals surface area contributed by atoms with E-state index >= 15 is 0 Å². The van der Waals surface area contributed by atoms with Gasteiger partial charge in [-0.15, -0.1) is 11.8 Å². The molecular weight excluding hydrogens is 346 g/mol. The van der Waals surface area contributed by atoms with E-state index in [4.69, 9.17) is 4.74 Å². The Balaban J connectivity index is 2.24. The van der Waals surface area contributed by atoms with Gasteiger partial charge in [0.05, 0.1) is 13.7 Å². The zero-order valence-electron chi connectivity index (χ0n) is 14.4. The fourth-order valence-electron chi connectivity index (χ4n) is 2.53. The minimum atomic E-state index is -1.86. The highest BCUT2D eigenvalue weighted by molar-refractivity contribution is 7.99. The first-order chi connectivity index (χ1) is 11.7. The Bertz CT molecular complexity index is 719. The van der Waals surface area contributed by atoms with Gasteiger partial charge in [0.1, 0.15) is 23.0 Å². The van der Waals surface area contributed by atoms with Crippen LogP contribution in [-0.4, -0.2) is 28.7 Å². The number of thioether (sulfide) groups is 1. The first-order valence-electron chi connectivity index (χ1n) is 7.79. The summed E-state index contributed by atoms with van der Waals surface area (Å²) < 4.78 is 31.5. The molecule has 0 saturated carbocycles. The van der Waals surface area contributed by atoms with Crippen molar-refractivity contribution < 1.29 is 23.7 Å². The lowest BCUT2D eigenvalue weighted by atomic mass is 9.83. The molecule has 2 N–H and O–H groups in total. The van der Waals surface area contributed by atoms with Crippen LogP contribution in [-0.2, 0) is 11.4 Å². The zero-order valence-corrected chi connectivity index (χ0v) is 15.2. The lowest BCUT2D eigenvalue weighted by Crippen LogP contribution is -2.48. The number of rotatable bonds is 7. The van der Waals surface area contributed by atoms with Crippen molar-refractivity contribution in [2.24, 2.45) is 0 Å². The van der Waals surface area contributed by atoms with Gasteiger partial charge in [-0.25, -0.2) is 8.78 Å². The van der Waals surface area contributed by atoms with Gasteiger partial charge in [0.15, 0.2) is 0 Å². The van der Waals surface area contributed by atoms with Gasteiger partial charge in [0.25, 0.3) is 0 Å². The average molecular weight is 368 g/mol. The number of benzene rings is 2. The van der Waals surface area contributed by atoms with Gasteiger partial charge in [0, 0.05) is 22.1 Å². The third-order valence-electron chi connectivity index (χ3n) is 4.36. The molecule has 3 nitrogen and oxygen atoms in total. The molecule has 136 valence electrons. The van der Waals surface area contributed by atoms with Crippen LogP contribution in [0.1, 0.15) is 25.0 Å². The second kappa shape index (κ2) is 7.72. The highest BCUT2D eigenvalue weighted by atomic mass is 32.2. The molecule has 0 unspecified atom stereocenters. The summed E-state index contributed by atoms with van der Waals surface area (Å²) in [5, 5.41) is 20.8. The highest BCUT2D eigenvalue weighted by Gasteiger charge is 2.46. The molecule has 2 aromatic carbocycles. The predicted octanol–water partition coefficient (Wildman–Crippen LogP) is 3.87. The maximum absolute atomic E-state index is 14.2. The van der Waals surface area contributed by atoms with E-state index in [1.54, 1.807) is 21.0 Å². The fourth-order valence-corrected chi connectivity index (χ4v) is 3.66. The minimum absolute atomic E-state index is 0.122. The molecule has 0 saturated heterocycles. The number of methoxy groups -OCH3 is 1. The molecule has 0 amide bonds. The van der Waals surface area contributed by atoms with Crippen molar-refractivity contribution >= 4 is 11.8 Å². The summed E-state index contributed by atoms with van der Waals surface area (Å²) in [6.07, 6.45) is 0. The zero-order chi connectivity index (χ0) is 18.7. The Hall–Kier alpha value is -1.63. The lowest BCUT2D eigenvalue weighted by molar-refractivity contribution is -0.0458. The molecule has 0 heterocycles. The summed E-state index contributed by atoms with van der Waals surface area (Å²) in [6, 6.07) is 10.4. The highest BCUT2D eigenvalue weighted by Crippen LogP contribution is 2.44. The van der Waals surface area contributed by atoms with Crippen LogP contribution in [0.2, 0.25) is 0 Å². The third-order valence-corrected chi connectivity index (χ3v) is 5.90. The van der Waals surface area contributed by atoms with Gasteiger partial charge >= 0.3 is 0 Å². The van der Waals surface area contributed by atoms with Crippen molar-refractivity contribution in [2.75, 3.05) is 13.7 Å². The van der Waals surface area contributed by atoms with Gasteiger partial charge in [-0.1, -0.05) is 18.2 Å². The molecule has 0 bridgehead atoms. The molecule has 2 rings (SSSR count). The molecule has 0 aliphatic carbocycles. The largest absolute Gasteiger partial charge is 0.497 e. The number of hydrogen-bond donors (Lipinski definition) is 2. The van der Waals surface area contributed by atoms with Gasteiger partial charge in [-0.2, -0.15) is 0 Å². The summed E-state index contributed by atoms with van der Waals surface area (Å²) in [6.45, 7) is 2.76. The van der Waals surface area contributed by atoms with Crippen LogP contribution in [0.3, 0.4) is 0 Å². The molecule has 25 heavy (non-hydrogen) atoms. The number of halogens is 2. The van der Waals surface area contributed by atoms with E-state index in [0.29, 0.717) is 11.8 Å². The van der Waals surface area contributed by atoms with Gasteiger partial charge in [-0.05, 0) is 37.6 Å². The Morgan fingerprint density at radius 3 is 2.24 bits per heavy atom. The molecule has 0 spiro atoms. The van der Waals surface area contributed by atoms with E-state index in [0.717, 1.165) is 17.4 Å². The molecule has 1 atom stereocenters. The maximum atomic E-state index is 14.2. The summed E-state index contributed by atoms with van der Waals surface area (Å²) in [4.78, 5) is 0. The molecule has 0 aromatic heterocycles. The molecule has 0 aliphatic heterocycles. The van der Waals surface area contributed by atoms with Crippen LogP contribution >= 0.6 is 11.8 Å². The first kappa shape index (κ1) is 19.7. The molecule has 6 heteroatoms. The third kappa shape index (κ3) is 4.14. The molecular formula is C19H22F2O3S. The number of hydrogen-bond acceptors (Lipinski definition) is 4. The van der Waals surface area contributed by atoms with Crippen LogP contribution in [0.4, 0.5) is 8.78 Å². The Morgan fingerprint density at radius 1 is 1.08 bits per heavy atom. The van der Waals surface area contributed by atoms with Crippen molar-refractivity contribution in [1.29, 1.82) is 0 Å². The number of ether oxygens (including phenoxy) is 1. The second-order valence-corrected chi connectivity index (χ2v) is 7.89. The summed E-state index contributed by atoms with van der Waals surface area (Å²) in [7, 11) is 1.59. The normalized spacial score (nSPS) is 14.2. The van der Waals surface area contributed by atoms with Crippen molar-refractivity contribution in [3.63, 3.8) is 0 Å². The van der Waals surface area contributed by atoms with E-state index in [9.17, 15) is 19.0 Å². The van der Waals surface area contributed by atoms with Gasteiger partial charge in [-0.3, -0.25) is 0 Å². The molecule has 2 aromatic rings. The predicted molar refractivity (Wildman–Crippen MR) is 95.7 cm³/mol. The Kier molecular flexibility index (Phi) is 6.08. The molecule has 0 aliphatic rings. The van der Waals surface area contributed by atoms with Gasteiger partial charge < -0.3 is 14.9 Å². The van der Waals surface area contributed by atoms with Crippen molar-refractivity contribution in [2.45, 2.75) is 29.9 Å². The van der Waals surface area contributed by atoms with E-state index in [-0.39, 0.29) is 5.56 Å². The SMILES string of the molecule is COc1ccc(CSC(C)(C)[C@@](O)(CO)c2ccc(F)cc2F)cc1.